The van der Waals surface area contributed by atoms with Crippen molar-refractivity contribution in [3.05, 3.63) is 65.5 Å². The first-order valence-corrected chi connectivity index (χ1v) is 8.12. The van der Waals surface area contributed by atoms with Gasteiger partial charge in [-0.05, 0) is 24.6 Å². The van der Waals surface area contributed by atoms with E-state index in [9.17, 15) is 18.0 Å². The average Bonchev–Trinajstić information content (AvgIpc) is 2.91. The molecule has 0 amide bonds. The normalized spacial score (nSPS) is 11.8. The van der Waals surface area contributed by atoms with Crippen molar-refractivity contribution in [1.29, 1.82) is 0 Å². The van der Waals surface area contributed by atoms with Gasteiger partial charge in [0.1, 0.15) is 5.69 Å². The molecule has 2 heterocycles. The summed E-state index contributed by atoms with van der Waals surface area (Å²) in [6.07, 6.45) is -3.34. The minimum absolute atomic E-state index is 0.159. The number of halogens is 3. The molecule has 0 saturated heterocycles. The molecule has 7 heteroatoms. The summed E-state index contributed by atoms with van der Waals surface area (Å²) in [5.41, 5.74) is 1.76. The smallest absolute Gasteiger partial charge is 0.294 e. The molecule has 0 saturated carbocycles. The molecule has 3 nitrogen and oxygen atoms in total. The zero-order chi connectivity index (χ0) is 17.3. The Morgan fingerprint density at radius 2 is 1.88 bits per heavy atom. The SMILES string of the molecule is Cc1ccc(CSc2nc(C(=O)C(F)(F)F)c3ccccn23)cc1. The number of thioether (sulfide) groups is 1. The molecule has 0 aliphatic rings. The Hall–Kier alpha value is -2.28. The zero-order valence-corrected chi connectivity index (χ0v) is 13.5. The number of imidazole rings is 1. The molecule has 0 bridgehead atoms. The molecule has 0 fully saturated rings. The molecule has 0 aliphatic heterocycles. The van der Waals surface area contributed by atoms with E-state index in [-0.39, 0.29) is 5.52 Å². The average molecular weight is 350 g/mol. The number of pyridine rings is 1. The third kappa shape index (κ3) is 3.31. The van der Waals surface area contributed by atoms with Gasteiger partial charge in [0.25, 0.3) is 5.78 Å². The van der Waals surface area contributed by atoms with Gasteiger partial charge in [0, 0.05) is 11.9 Å². The van der Waals surface area contributed by atoms with Gasteiger partial charge < -0.3 is 0 Å². The fourth-order valence-electron chi connectivity index (χ4n) is 2.25. The van der Waals surface area contributed by atoms with Crippen molar-refractivity contribution in [2.75, 3.05) is 0 Å². The predicted octanol–water partition coefficient (Wildman–Crippen LogP) is 4.68. The van der Waals surface area contributed by atoms with E-state index in [1.807, 2.05) is 31.2 Å². The number of Topliss-reactive ketones (excluding diaryl/α,β-unsaturated/α-hetero) is 1. The van der Waals surface area contributed by atoms with Crippen LogP contribution in [0.15, 0.2) is 53.8 Å². The van der Waals surface area contributed by atoms with E-state index < -0.39 is 17.7 Å². The van der Waals surface area contributed by atoms with Crippen LogP contribution in [-0.2, 0) is 5.75 Å². The lowest BCUT2D eigenvalue weighted by Crippen LogP contribution is -2.23. The number of ketones is 1. The Kier molecular flexibility index (Phi) is 4.36. The number of benzene rings is 1. The number of hydrogen-bond donors (Lipinski definition) is 0. The summed E-state index contributed by atoms with van der Waals surface area (Å²) < 4.78 is 39.8. The number of hydrogen-bond acceptors (Lipinski definition) is 3. The number of nitrogens with zero attached hydrogens (tertiary/aromatic N) is 2. The lowest BCUT2D eigenvalue weighted by molar-refractivity contribution is -0.0887. The highest BCUT2D eigenvalue weighted by molar-refractivity contribution is 7.98. The lowest BCUT2D eigenvalue weighted by atomic mass is 10.2. The third-order valence-electron chi connectivity index (χ3n) is 3.48. The van der Waals surface area contributed by atoms with Crippen molar-refractivity contribution in [2.45, 2.75) is 24.0 Å². The molecule has 0 unspecified atom stereocenters. The Morgan fingerprint density at radius 1 is 1.17 bits per heavy atom. The van der Waals surface area contributed by atoms with E-state index in [1.54, 1.807) is 18.3 Å². The molecule has 0 radical (unpaired) electrons. The van der Waals surface area contributed by atoms with Gasteiger partial charge in [-0.15, -0.1) is 0 Å². The fourth-order valence-corrected chi connectivity index (χ4v) is 3.19. The van der Waals surface area contributed by atoms with Crippen LogP contribution in [0.3, 0.4) is 0 Å². The Balaban J connectivity index is 1.93. The second kappa shape index (κ2) is 6.32. The third-order valence-corrected chi connectivity index (χ3v) is 4.50. The maximum absolute atomic E-state index is 12.8. The van der Waals surface area contributed by atoms with E-state index in [0.717, 1.165) is 11.1 Å². The second-order valence-electron chi connectivity index (χ2n) is 5.30. The van der Waals surface area contributed by atoms with Crippen molar-refractivity contribution in [3.8, 4) is 0 Å². The summed E-state index contributed by atoms with van der Waals surface area (Å²) in [7, 11) is 0. The number of fused-ring (bicyclic) bond motifs is 1. The van der Waals surface area contributed by atoms with E-state index in [4.69, 9.17) is 0 Å². The molecule has 0 N–H and O–H groups in total. The predicted molar refractivity (Wildman–Crippen MR) is 86.3 cm³/mol. The Morgan fingerprint density at radius 3 is 2.54 bits per heavy atom. The highest BCUT2D eigenvalue weighted by atomic mass is 32.2. The largest absolute Gasteiger partial charge is 0.456 e. The maximum Gasteiger partial charge on any atom is 0.456 e. The summed E-state index contributed by atoms with van der Waals surface area (Å²) in [6.45, 7) is 1.98. The van der Waals surface area contributed by atoms with E-state index in [2.05, 4.69) is 4.98 Å². The number of alkyl halides is 3. The highest BCUT2D eigenvalue weighted by Gasteiger charge is 2.42. The van der Waals surface area contributed by atoms with E-state index in [0.29, 0.717) is 10.9 Å². The molecular formula is C17H13F3N2OS. The van der Waals surface area contributed by atoms with Gasteiger partial charge >= 0.3 is 6.18 Å². The van der Waals surface area contributed by atoms with Crippen molar-refractivity contribution in [1.82, 2.24) is 9.38 Å². The van der Waals surface area contributed by atoms with Crippen molar-refractivity contribution in [2.24, 2.45) is 0 Å². The van der Waals surface area contributed by atoms with Crippen LogP contribution in [0.1, 0.15) is 21.6 Å². The summed E-state index contributed by atoms with van der Waals surface area (Å²) in [6, 6.07) is 12.6. The number of carbonyl (C=O) groups is 1. The Labute approximate surface area is 140 Å². The topological polar surface area (TPSA) is 34.4 Å². The molecule has 0 atom stereocenters. The van der Waals surface area contributed by atoms with Crippen LogP contribution in [0.5, 0.6) is 0 Å². The van der Waals surface area contributed by atoms with Gasteiger partial charge in [-0.25, -0.2) is 4.98 Å². The lowest BCUT2D eigenvalue weighted by Gasteiger charge is -2.02. The van der Waals surface area contributed by atoms with Crippen molar-refractivity contribution in [3.63, 3.8) is 0 Å². The number of aryl methyl sites for hydroxylation is 1. The summed E-state index contributed by atoms with van der Waals surface area (Å²) >= 11 is 1.29. The number of carbonyl (C=O) groups excluding carboxylic acids is 1. The second-order valence-corrected chi connectivity index (χ2v) is 6.24. The van der Waals surface area contributed by atoms with Gasteiger partial charge in [-0.2, -0.15) is 13.2 Å². The fraction of sp³-hybridized carbons (Fsp3) is 0.176. The molecule has 1 aromatic carbocycles. The van der Waals surface area contributed by atoms with Gasteiger partial charge in [-0.1, -0.05) is 47.7 Å². The minimum Gasteiger partial charge on any atom is -0.294 e. The van der Waals surface area contributed by atoms with Crippen LogP contribution in [0.25, 0.3) is 5.52 Å². The van der Waals surface area contributed by atoms with Gasteiger partial charge in [0.2, 0.25) is 0 Å². The zero-order valence-electron chi connectivity index (χ0n) is 12.7. The van der Waals surface area contributed by atoms with Gasteiger partial charge in [0.05, 0.1) is 5.52 Å². The van der Waals surface area contributed by atoms with Gasteiger partial charge in [-0.3, -0.25) is 9.20 Å². The van der Waals surface area contributed by atoms with Crippen LogP contribution in [0.4, 0.5) is 13.2 Å². The van der Waals surface area contributed by atoms with Crippen molar-refractivity contribution >= 4 is 23.1 Å². The first-order valence-electron chi connectivity index (χ1n) is 7.13. The summed E-state index contributed by atoms with van der Waals surface area (Å²) in [5.74, 6) is -1.37. The van der Waals surface area contributed by atoms with E-state index in [1.165, 1.54) is 22.2 Å². The highest BCUT2D eigenvalue weighted by Crippen LogP contribution is 2.29. The number of aromatic nitrogens is 2. The minimum atomic E-state index is -4.94. The molecule has 2 aromatic heterocycles. The van der Waals surface area contributed by atoms with Gasteiger partial charge in [0.15, 0.2) is 5.16 Å². The van der Waals surface area contributed by atoms with Crippen LogP contribution < -0.4 is 0 Å². The van der Waals surface area contributed by atoms with Crippen LogP contribution in [0, 0.1) is 6.92 Å². The molecule has 0 aliphatic carbocycles. The standard InChI is InChI=1S/C17H13F3N2OS/c1-11-5-7-12(8-6-11)10-24-16-21-14(15(23)17(18,19)20)13-4-2-3-9-22(13)16/h2-9H,10H2,1H3. The number of rotatable bonds is 4. The Bertz CT molecular complexity index is 885. The first-order chi connectivity index (χ1) is 11.4. The summed E-state index contributed by atoms with van der Waals surface area (Å²) in [4.78, 5) is 15.5. The van der Waals surface area contributed by atoms with Crippen LogP contribution in [-0.4, -0.2) is 21.3 Å². The molecular weight excluding hydrogens is 337 g/mol. The molecule has 124 valence electrons. The molecule has 3 aromatic rings. The quantitative estimate of drug-likeness (QED) is 0.506. The monoisotopic (exact) mass is 350 g/mol. The van der Waals surface area contributed by atoms with Crippen molar-refractivity contribution < 1.29 is 18.0 Å². The summed E-state index contributed by atoms with van der Waals surface area (Å²) in [5, 5.41) is 0.360. The molecule has 24 heavy (non-hydrogen) atoms. The van der Waals surface area contributed by atoms with Crippen LogP contribution in [0.2, 0.25) is 0 Å². The first kappa shape index (κ1) is 16.6. The molecule has 3 rings (SSSR count). The van der Waals surface area contributed by atoms with E-state index >= 15 is 0 Å². The van der Waals surface area contributed by atoms with Crippen LogP contribution >= 0.6 is 11.8 Å². The maximum atomic E-state index is 12.8. The molecule has 0 spiro atoms.